The molecule has 0 atom stereocenters. The second-order valence-corrected chi connectivity index (χ2v) is 7.10. The molecule has 0 aromatic heterocycles. The fourth-order valence-electron chi connectivity index (χ4n) is 2.60. The number of hydrogen-bond acceptors (Lipinski definition) is 4. The average Bonchev–Trinajstić information content (AvgIpc) is 2.76. The molecule has 0 spiro atoms. The molecule has 0 radical (unpaired) electrons. The lowest BCUT2D eigenvalue weighted by atomic mass is 10.1. The molecule has 0 bridgehead atoms. The molecule has 1 heterocycles. The minimum Gasteiger partial charge on any atom is -0.294 e. The molecule has 3 rings (SSSR count). The van der Waals surface area contributed by atoms with Crippen LogP contribution in [0.1, 0.15) is 33.6 Å². The first kappa shape index (κ1) is 15.4. The summed E-state index contributed by atoms with van der Waals surface area (Å²) in [6, 6.07) is 15.0. The Kier molecular flexibility index (Phi) is 4.00. The Balaban J connectivity index is 1.68. The van der Waals surface area contributed by atoms with E-state index in [9.17, 15) is 18.0 Å². The summed E-state index contributed by atoms with van der Waals surface area (Å²) in [5.41, 5.74) is 0.785. The fraction of sp³-hybridized carbons (Fsp3) is 0.176. The highest BCUT2D eigenvalue weighted by Gasteiger charge is 2.40. The quantitative estimate of drug-likeness (QED) is 0.790. The molecule has 1 aliphatic rings. The van der Waals surface area contributed by atoms with Gasteiger partial charge in [0.2, 0.25) is 0 Å². The maximum atomic E-state index is 12.4. The Morgan fingerprint density at radius 1 is 0.957 bits per heavy atom. The molecule has 0 saturated carbocycles. The first-order valence-electron chi connectivity index (χ1n) is 7.26. The summed E-state index contributed by atoms with van der Waals surface area (Å²) < 4.78 is 25.6. The average molecular weight is 329 g/mol. The molecule has 1 aliphatic heterocycles. The minimum atomic E-state index is -3.79. The van der Waals surface area contributed by atoms with Gasteiger partial charge in [-0.1, -0.05) is 42.5 Å². The van der Waals surface area contributed by atoms with E-state index in [0.717, 1.165) is 4.31 Å². The SMILES string of the molecule is O=C(CCCN1C(=O)c2ccccc2S1(=O)=O)c1ccccc1. The first-order valence-corrected chi connectivity index (χ1v) is 8.70. The summed E-state index contributed by atoms with van der Waals surface area (Å²) in [6.45, 7) is 0.00835. The summed E-state index contributed by atoms with van der Waals surface area (Å²) in [7, 11) is -3.79. The Morgan fingerprint density at radius 3 is 2.30 bits per heavy atom. The van der Waals surface area contributed by atoms with Gasteiger partial charge in [0.15, 0.2) is 5.78 Å². The van der Waals surface area contributed by atoms with E-state index in [1.54, 1.807) is 36.4 Å². The predicted molar refractivity (Wildman–Crippen MR) is 84.7 cm³/mol. The Labute approximate surface area is 134 Å². The fourth-order valence-corrected chi connectivity index (χ4v) is 4.21. The normalized spacial score (nSPS) is 15.5. The highest BCUT2D eigenvalue weighted by molar-refractivity contribution is 7.90. The Hall–Kier alpha value is -2.47. The molecule has 5 nitrogen and oxygen atoms in total. The number of benzene rings is 2. The molecular weight excluding hydrogens is 314 g/mol. The number of hydrogen-bond donors (Lipinski definition) is 0. The zero-order chi connectivity index (χ0) is 16.4. The molecule has 2 aromatic carbocycles. The maximum absolute atomic E-state index is 12.4. The van der Waals surface area contributed by atoms with Gasteiger partial charge in [0.1, 0.15) is 4.90 Å². The van der Waals surface area contributed by atoms with Crippen LogP contribution < -0.4 is 0 Å². The van der Waals surface area contributed by atoms with Gasteiger partial charge < -0.3 is 0 Å². The highest BCUT2D eigenvalue weighted by Crippen LogP contribution is 2.30. The summed E-state index contributed by atoms with van der Waals surface area (Å²) in [5, 5.41) is 0. The molecule has 0 N–H and O–H groups in total. The number of nitrogens with zero attached hydrogens (tertiary/aromatic N) is 1. The molecule has 6 heteroatoms. The molecular formula is C17H15NO4S. The van der Waals surface area contributed by atoms with E-state index in [1.165, 1.54) is 12.1 Å². The van der Waals surface area contributed by atoms with Crippen LogP contribution in [-0.4, -0.2) is 31.0 Å². The van der Waals surface area contributed by atoms with Crippen LogP contribution >= 0.6 is 0 Å². The van der Waals surface area contributed by atoms with Gasteiger partial charge in [-0.05, 0) is 18.6 Å². The van der Waals surface area contributed by atoms with Crippen molar-refractivity contribution in [1.29, 1.82) is 0 Å². The van der Waals surface area contributed by atoms with Crippen molar-refractivity contribution in [3.63, 3.8) is 0 Å². The van der Waals surface area contributed by atoms with Crippen LogP contribution in [0.15, 0.2) is 59.5 Å². The monoisotopic (exact) mass is 329 g/mol. The third kappa shape index (κ3) is 2.77. The number of ketones is 1. The number of rotatable bonds is 5. The molecule has 0 fully saturated rings. The summed E-state index contributed by atoms with van der Waals surface area (Å²) in [4.78, 5) is 24.3. The van der Waals surface area contributed by atoms with Crippen LogP contribution in [0.4, 0.5) is 0 Å². The van der Waals surface area contributed by atoms with Crippen molar-refractivity contribution < 1.29 is 18.0 Å². The highest BCUT2D eigenvalue weighted by atomic mass is 32.2. The van der Waals surface area contributed by atoms with Crippen molar-refractivity contribution in [2.24, 2.45) is 0 Å². The van der Waals surface area contributed by atoms with E-state index in [1.807, 2.05) is 6.07 Å². The zero-order valence-electron chi connectivity index (χ0n) is 12.3. The van der Waals surface area contributed by atoms with Gasteiger partial charge in [0.25, 0.3) is 15.9 Å². The van der Waals surface area contributed by atoms with Crippen LogP contribution in [0.5, 0.6) is 0 Å². The number of amides is 1. The van der Waals surface area contributed by atoms with Crippen molar-refractivity contribution in [3.05, 3.63) is 65.7 Å². The lowest BCUT2D eigenvalue weighted by Gasteiger charge is -2.14. The van der Waals surface area contributed by atoms with Crippen LogP contribution in [0.25, 0.3) is 0 Å². The van der Waals surface area contributed by atoms with E-state index in [4.69, 9.17) is 0 Å². The molecule has 23 heavy (non-hydrogen) atoms. The zero-order valence-corrected chi connectivity index (χ0v) is 13.1. The topological polar surface area (TPSA) is 71.5 Å². The number of Topliss-reactive ketones (excluding diaryl/α,β-unsaturated/α-hetero) is 1. The number of carbonyl (C=O) groups is 2. The molecule has 2 aromatic rings. The van der Waals surface area contributed by atoms with Gasteiger partial charge in [-0.3, -0.25) is 9.59 Å². The van der Waals surface area contributed by atoms with Gasteiger partial charge >= 0.3 is 0 Å². The Morgan fingerprint density at radius 2 is 1.61 bits per heavy atom. The van der Waals surface area contributed by atoms with Crippen molar-refractivity contribution in [2.75, 3.05) is 6.54 Å². The van der Waals surface area contributed by atoms with Gasteiger partial charge in [-0.15, -0.1) is 0 Å². The van der Waals surface area contributed by atoms with Crippen LogP contribution in [0.3, 0.4) is 0 Å². The van der Waals surface area contributed by atoms with Gasteiger partial charge in [0, 0.05) is 18.5 Å². The van der Waals surface area contributed by atoms with Crippen LogP contribution in [-0.2, 0) is 10.0 Å². The second-order valence-electron chi connectivity index (χ2n) is 5.27. The third-order valence-electron chi connectivity index (χ3n) is 3.77. The van der Waals surface area contributed by atoms with Gasteiger partial charge in [-0.25, -0.2) is 12.7 Å². The predicted octanol–water partition coefficient (Wildman–Crippen LogP) is 2.49. The second kappa shape index (κ2) is 5.96. The van der Waals surface area contributed by atoms with E-state index >= 15 is 0 Å². The molecule has 1 amide bonds. The largest absolute Gasteiger partial charge is 0.294 e. The van der Waals surface area contributed by atoms with E-state index in [0.29, 0.717) is 12.0 Å². The Bertz CT molecular complexity index is 859. The smallest absolute Gasteiger partial charge is 0.269 e. The summed E-state index contributed by atoms with van der Waals surface area (Å²) >= 11 is 0. The molecule has 118 valence electrons. The number of fused-ring (bicyclic) bond motifs is 1. The first-order chi connectivity index (χ1) is 11.0. The van der Waals surface area contributed by atoms with Crippen molar-refractivity contribution in [1.82, 2.24) is 4.31 Å². The van der Waals surface area contributed by atoms with E-state index in [-0.39, 0.29) is 29.2 Å². The maximum Gasteiger partial charge on any atom is 0.269 e. The van der Waals surface area contributed by atoms with Crippen molar-refractivity contribution in [2.45, 2.75) is 17.7 Å². The van der Waals surface area contributed by atoms with Crippen molar-refractivity contribution >= 4 is 21.7 Å². The van der Waals surface area contributed by atoms with Gasteiger partial charge in [0.05, 0.1) is 5.56 Å². The van der Waals surface area contributed by atoms with Crippen molar-refractivity contribution in [3.8, 4) is 0 Å². The van der Waals surface area contributed by atoms with Crippen LogP contribution in [0, 0.1) is 0 Å². The molecule has 0 unspecified atom stereocenters. The minimum absolute atomic E-state index is 0.00835. The van der Waals surface area contributed by atoms with E-state index in [2.05, 4.69) is 0 Å². The number of sulfonamides is 1. The number of carbonyl (C=O) groups excluding carboxylic acids is 2. The lowest BCUT2D eigenvalue weighted by Crippen LogP contribution is -2.31. The van der Waals surface area contributed by atoms with Crippen LogP contribution in [0.2, 0.25) is 0 Å². The molecule has 0 saturated heterocycles. The standard InChI is InChI=1S/C17H15NO4S/c19-15(13-7-2-1-3-8-13)10-6-12-18-17(20)14-9-4-5-11-16(14)23(18,21)22/h1-5,7-9,11H,6,10,12H2. The third-order valence-corrected chi connectivity index (χ3v) is 5.61. The van der Waals surface area contributed by atoms with E-state index < -0.39 is 15.9 Å². The lowest BCUT2D eigenvalue weighted by molar-refractivity contribution is 0.0860. The summed E-state index contributed by atoms with van der Waals surface area (Å²) in [5.74, 6) is -0.583. The summed E-state index contributed by atoms with van der Waals surface area (Å²) in [6.07, 6.45) is 0.492. The van der Waals surface area contributed by atoms with Gasteiger partial charge in [-0.2, -0.15) is 0 Å². The molecule has 0 aliphatic carbocycles.